The van der Waals surface area contributed by atoms with Crippen molar-refractivity contribution in [3.05, 3.63) is 35.4 Å². The first-order valence-corrected chi connectivity index (χ1v) is 6.74. The van der Waals surface area contributed by atoms with Gasteiger partial charge in [0.25, 0.3) is 0 Å². The van der Waals surface area contributed by atoms with Gasteiger partial charge in [0.05, 0.1) is 6.54 Å². The molecule has 4 heteroatoms. The van der Waals surface area contributed by atoms with Gasteiger partial charge in [-0.25, -0.2) is 0 Å². The number of hydrogen-bond donors (Lipinski definition) is 1. The summed E-state index contributed by atoms with van der Waals surface area (Å²) in [6, 6.07) is 7.79. The van der Waals surface area contributed by atoms with Gasteiger partial charge in [0.15, 0.2) is 0 Å². The van der Waals surface area contributed by atoms with E-state index in [0.717, 1.165) is 6.42 Å². The molecule has 0 aromatic heterocycles. The number of rotatable bonds is 4. The van der Waals surface area contributed by atoms with Crippen LogP contribution in [0.5, 0.6) is 0 Å². The SMILES string of the molecule is CCC1NC(=O)CN(CCc2ccccc2C)C1=O. The van der Waals surface area contributed by atoms with Gasteiger partial charge in [-0.3, -0.25) is 9.59 Å². The van der Waals surface area contributed by atoms with E-state index in [9.17, 15) is 9.59 Å². The van der Waals surface area contributed by atoms with Gasteiger partial charge in [-0.05, 0) is 30.9 Å². The zero-order valence-corrected chi connectivity index (χ0v) is 11.5. The molecule has 1 atom stereocenters. The van der Waals surface area contributed by atoms with E-state index in [1.165, 1.54) is 11.1 Å². The number of carbonyl (C=O) groups is 2. The lowest BCUT2D eigenvalue weighted by Gasteiger charge is -2.32. The minimum atomic E-state index is -0.349. The van der Waals surface area contributed by atoms with E-state index in [2.05, 4.69) is 24.4 Å². The predicted molar refractivity (Wildman–Crippen MR) is 73.7 cm³/mol. The first kappa shape index (κ1) is 13.6. The lowest BCUT2D eigenvalue weighted by molar-refractivity contribution is -0.144. The summed E-state index contributed by atoms with van der Waals surface area (Å²) in [7, 11) is 0. The van der Waals surface area contributed by atoms with Crippen LogP contribution in [0.3, 0.4) is 0 Å². The Morgan fingerprint density at radius 3 is 2.74 bits per heavy atom. The first-order valence-electron chi connectivity index (χ1n) is 6.74. The molecule has 2 amide bonds. The molecule has 1 aliphatic rings. The quantitative estimate of drug-likeness (QED) is 0.886. The third kappa shape index (κ3) is 3.13. The minimum absolute atomic E-state index is 0.0377. The molecule has 19 heavy (non-hydrogen) atoms. The van der Waals surface area contributed by atoms with E-state index >= 15 is 0 Å². The highest BCUT2D eigenvalue weighted by molar-refractivity contribution is 5.94. The number of amides is 2. The van der Waals surface area contributed by atoms with Crippen LogP contribution in [0.15, 0.2) is 24.3 Å². The molecular formula is C15H20N2O2. The van der Waals surface area contributed by atoms with Crippen LogP contribution in [-0.2, 0) is 16.0 Å². The predicted octanol–water partition coefficient (Wildman–Crippen LogP) is 1.27. The highest BCUT2D eigenvalue weighted by Crippen LogP contribution is 2.11. The molecule has 1 heterocycles. The first-order chi connectivity index (χ1) is 9.11. The maximum absolute atomic E-state index is 12.1. The van der Waals surface area contributed by atoms with Gasteiger partial charge in [0, 0.05) is 6.54 Å². The molecule has 0 saturated carbocycles. The number of piperazine rings is 1. The molecule has 2 rings (SSSR count). The second-order valence-corrected chi connectivity index (χ2v) is 4.96. The van der Waals surface area contributed by atoms with Crippen LogP contribution in [0.4, 0.5) is 0 Å². The monoisotopic (exact) mass is 260 g/mol. The number of carbonyl (C=O) groups excluding carboxylic acids is 2. The molecule has 1 aliphatic heterocycles. The molecular weight excluding hydrogens is 240 g/mol. The molecule has 1 saturated heterocycles. The molecule has 102 valence electrons. The topological polar surface area (TPSA) is 49.4 Å². The van der Waals surface area contributed by atoms with Crippen molar-refractivity contribution in [2.75, 3.05) is 13.1 Å². The lowest BCUT2D eigenvalue weighted by atomic mass is 10.0. The summed E-state index contributed by atoms with van der Waals surface area (Å²) in [5.74, 6) is -0.0214. The minimum Gasteiger partial charge on any atom is -0.343 e. The fourth-order valence-electron chi connectivity index (χ4n) is 2.39. The number of aryl methyl sites for hydroxylation is 1. The second-order valence-electron chi connectivity index (χ2n) is 4.96. The van der Waals surface area contributed by atoms with Gasteiger partial charge >= 0.3 is 0 Å². The zero-order chi connectivity index (χ0) is 13.8. The molecule has 1 aromatic rings. The number of benzene rings is 1. The Bertz CT molecular complexity index is 485. The summed E-state index contributed by atoms with van der Waals surface area (Å²) in [4.78, 5) is 25.3. The van der Waals surface area contributed by atoms with E-state index < -0.39 is 0 Å². The zero-order valence-electron chi connectivity index (χ0n) is 11.5. The Labute approximate surface area is 113 Å². The maximum atomic E-state index is 12.1. The molecule has 1 aromatic carbocycles. The van der Waals surface area contributed by atoms with Crippen molar-refractivity contribution < 1.29 is 9.59 Å². The van der Waals surface area contributed by atoms with Crippen molar-refractivity contribution in [1.82, 2.24) is 10.2 Å². The average Bonchev–Trinajstić information content (AvgIpc) is 2.41. The summed E-state index contributed by atoms with van der Waals surface area (Å²) in [5.41, 5.74) is 2.46. The van der Waals surface area contributed by atoms with Gasteiger partial charge in [-0.2, -0.15) is 0 Å². The molecule has 0 radical (unpaired) electrons. The highest BCUT2D eigenvalue weighted by atomic mass is 16.2. The third-order valence-corrected chi connectivity index (χ3v) is 3.60. The van der Waals surface area contributed by atoms with Crippen LogP contribution >= 0.6 is 0 Å². The summed E-state index contributed by atoms with van der Waals surface area (Å²) in [6.07, 6.45) is 1.44. The Morgan fingerprint density at radius 2 is 2.05 bits per heavy atom. The van der Waals surface area contributed by atoms with Crippen molar-refractivity contribution >= 4 is 11.8 Å². The summed E-state index contributed by atoms with van der Waals surface area (Å²) >= 11 is 0. The Morgan fingerprint density at radius 1 is 1.32 bits per heavy atom. The van der Waals surface area contributed by atoms with Crippen molar-refractivity contribution in [2.45, 2.75) is 32.7 Å². The molecule has 0 bridgehead atoms. The maximum Gasteiger partial charge on any atom is 0.245 e. The van der Waals surface area contributed by atoms with Crippen molar-refractivity contribution in [3.8, 4) is 0 Å². The molecule has 4 nitrogen and oxygen atoms in total. The van der Waals surface area contributed by atoms with E-state index in [1.807, 2.05) is 19.1 Å². The van der Waals surface area contributed by atoms with Crippen molar-refractivity contribution in [1.29, 1.82) is 0 Å². The van der Waals surface area contributed by atoms with Gasteiger partial charge in [-0.1, -0.05) is 31.2 Å². The van der Waals surface area contributed by atoms with Gasteiger partial charge in [-0.15, -0.1) is 0 Å². The number of nitrogens with one attached hydrogen (secondary N) is 1. The Balaban J connectivity index is 2.00. The summed E-state index contributed by atoms with van der Waals surface area (Å²) in [6.45, 7) is 4.76. The largest absolute Gasteiger partial charge is 0.343 e. The van der Waals surface area contributed by atoms with Crippen LogP contribution in [0.2, 0.25) is 0 Å². The van der Waals surface area contributed by atoms with Crippen molar-refractivity contribution in [2.24, 2.45) is 0 Å². The molecule has 0 aliphatic carbocycles. The van der Waals surface area contributed by atoms with Crippen LogP contribution in [0.1, 0.15) is 24.5 Å². The van der Waals surface area contributed by atoms with E-state index in [0.29, 0.717) is 13.0 Å². The lowest BCUT2D eigenvalue weighted by Crippen LogP contribution is -2.58. The van der Waals surface area contributed by atoms with Crippen LogP contribution < -0.4 is 5.32 Å². The third-order valence-electron chi connectivity index (χ3n) is 3.60. The van der Waals surface area contributed by atoms with Crippen molar-refractivity contribution in [3.63, 3.8) is 0 Å². The van der Waals surface area contributed by atoms with E-state index in [1.54, 1.807) is 4.90 Å². The molecule has 0 spiro atoms. The van der Waals surface area contributed by atoms with Gasteiger partial charge in [0.2, 0.25) is 11.8 Å². The Hall–Kier alpha value is -1.84. The standard InChI is InChI=1S/C15H20N2O2/c1-3-13-15(19)17(10-14(18)16-13)9-8-12-7-5-4-6-11(12)2/h4-7,13H,3,8-10H2,1-2H3,(H,16,18). The fraction of sp³-hybridized carbons (Fsp3) is 0.467. The van der Waals surface area contributed by atoms with E-state index in [4.69, 9.17) is 0 Å². The molecule has 1 N–H and O–H groups in total. The normalized spacial score (nSPS) is 19.5. The second kappa shape index (κ2) is 5.87. The number of hydrogen-bond acceptors (Lipinski definition) is 2. The van der Waals surface area contributed by atoms with Gasteiger partial charge in [0.1, 0.15) is 6.04 Å². The molecule has 1 fully saturated rings. The van der Waals surface area contributed by atoms with Gasteiger partial charge < -0.3 is 10.2 Å². The number of nitrogens with zero attached hydrogens (tertiary/aromatic N) is 1. The molecule has 1 unspecified atom stereocenters. The summed E-state index contributed by atoms with van der Waals surface area (Å²) < 4.78 is 0. The average molecular weight is 260 g/mol. The fourth-order valence-corrected chi connectivity index (χ4v) is 2.39. The smallest absolute Gasteiger partial charge is 0.245 e. The van der Waals surface area contributed by atoms with Crippen LogP contribution in [-0.4, -0.2) is 35.8 Å². The van der Waals surface area contributed by atoms with Crippen LogP contribution in [0.25, 0.3) is 0 Å². The van der Waals surface area contributed by atoms with Crippen LogP contribution in [0, 0.1) is 6.92 Å². The summed E-state index contributed by atoms with van der Waals surface area (Å²) in [5, 5.41) is 2.73. The highest BCUT2D eigenvalue weighted by Gasteiger charge is 2.30. The Kier molecular flexibility index (Phi) is 4.20. The van der Waals surface area contributed by atoms with E-state index in [-0.39, 0.29) is 24.4 Å².